The third-order valence-electron chi connectivity index (χ3n) is 4.98. The highest BCUT2D eigenvalue weighted by Crippen LogP contribution is 2.35. The second kappa shape index (κ2) is 6.93. The minimum Gasteiger partial charge on any atom is -0.316 e. The van der Waals surface area contributed by atoms with E-state index in [-0.39, 0.29) is 5.25 Å². The molecule has 118 valence electrons. The van der Waals surface area contributed by atoms with Gasteiger partial charge < -0.3 is 5.32 Å². The zero-order valence-electron chi connectivity index (χ0n) is 13.2. The summed E-state index contributed by atoms with van der Waals surface area (Å²) in [6.45, 7) is 2.24. The van der Waals surface area contributed by atoms with Crippen LogP contribution in [0.15, 0.2) is 30.3 Å². The molecule has 4 atom stereocenters. The van der Waals surface area contributed by atoms with Crippen LogP contribution in [0.1, 0.15) is 44.1 Å². The first-order valence-electron chi connectivity index (χ1n) is 7.84. The molecule has 1 fully saturated rings. The normalized spacial score (nSPS) is 26.2. The van der Waals surface area contributed by atoms with Crippen molar-refractivity contribution in [1.82, 2.24) is 5.32 Å². The van der Waals surface area contributed by atoms with Gasteiger partial charge in [0.1, 0.15) is 9.84 Å². The van der Waals surface area contributed by atoms with Crippen molar-refractivity contribution in [2.24, 2.45) is 5.92 Å². The van der Waals surface area contributed by atoms with Gasteiger partial charge in [-0.05, 0) is 43.7 Å². The number of nitrogens with one attached hydrogen (secondary N) is 1. The van der Waals surface area contributed by atoms with Crippen molar-refractivity contribution < 1.29 is 8.42 Å². The Balaban J connectivity index is 2.13. The monoisotopic (exact) mass is 309 g/mol. The second-order valence-corrected chi connectivity index (χ2v) is 8.72. The Bertz CT molecular complexity index is 541. The molecular weight excluding hydrogens is 282 g/mol. The molecule has 1 aliphatic rings. The summed E-state index contributed by atoms with van der Waals surface area (Å²) >= 11 is 0. The van der Waals surface area contributed by atoms with E-state index in [0.717, 1.165) is 25.7 Å². The quantitative estimate of drug-likeness (QED) is 0.909. The summed E-state index contributed by atoms with van der Waals surface area (Å²) in [5.74, 6) is 0.818. The van der Waals surface area contributed by atoms with Gasteiger partial charge in [0.2, 0.25) is 0 Å². The topological polar surface area (TPSA) is 46.2 Å². The third kappa shape index (κ3) is 4.07. The Morgan fingerprint density at radius 3 is 2.43 bits per heavy atom. The minimum absolute atomic E-state index is 0.157. The van der Waals surface area contributed by atoms with Crippen molar-refractivity contribution in [2.45, 2.75) is 49.8 Å². The van der Waals surface area contributed by atoms with Crippen molar-refractivity contribution in [2.75, 3.05) is 13.3 Å². The minimum atomic E-state index is -2.92. The third-order valence-corrected chi connectivity index (χ3v) is 6.62. The molecule has 4 unspecified atom stereocenters. The molecule has 1 saturated carbocycles. The fourth-order valence-corrected chi connectivity index (χ4v) is 4.95. The van der Waals surface area contributed by atoms with Crippen LogP contribution >= 0.6 is 0 Å². The van der Waals surface area contributed by atoms with Gasteiger partial charge in [0.15, 0.2) is 0 Å². The zero-order valence-corrected chi connectivity index (χ0v) is 14.1. The summed E-state index contributed by atoms with van der Waals surface area (Å²) in [5, 5.41) is 3.29. The Labute approximate surface area is 129 Å². The molecule has 0 aliphatic heterocycles. The van der Waals surface area contributed by atoms with Crippen LogP contribution < -0.4 is 5.32 Å². The van der Waals surface area contributed by atoms with E-state index in [2.05, 4.69) is 36.5 Å². The molecule has 0 bridgehead atoms. The number of benzene rings is 1. The summed E-state index contributed by atoms with van der Waals surface area (Å²) in [5.41, 5.74) is 1.32. The standard InChI is InChI=1S/C17H27NO2S/c1-13(14-8-5-4-6-9-14)17(18-2)15-10-7-11-16(12-15)21(3,19)20/h4-6,8-9,13,15-18H,7,10-12H2,1-3H3. The summed E-state index contributed by atoms with van der Waals surface area (Å²) in [4.78, 5) is 0. The molecule has 2 rings (SSSR count). The lowest BCUT2D eigenvalue weighted by Crippen LogP contribution is -2.42. The molecule has 21 heavy (non-hydrogen) atoms. The fourth-order valence-electron chi connectivity index (χ4n) is 3.75. The first kappa shape index (κ1) is 16.5. The maximum absolute atomic E-state index is 11.9. The predicted molar refractivity (Wildman–Crippen MR) is 88.3 cm³/mol. The molecular formula is C17H27NO2S. The SMILES string of the molecule is CNC(C1CCCC(S(C)(=O)=O)C1)C(C)c1ccccc1. The molecule has 0 heterocycles. The van der Waals surface area contributed by atoms with Crippen molar-refractivity contribution in [3.05, 3.63) is 35.9 Å². The second-order valence-electron chi connectivity index (χ2n) is 6.39. The van der Waals surface area contributed by atoms with Gasteiger partial charge in [-0.2, -0.15) is 0 Å². The van der Waals surface area contributed by atoms with Crippen LogP contribution in [0.3, 0.4) is 0 Å². The van der Waals surface area contributed by atoms with Gasteiger partial charge in [-0.15, -0.1) is 0 Å². The molecule has 0 aromatic heterocycles. The van der Waals surface area contributed by atoms with Crippen LogP contribution in [0.4, 0.5) is 0 Å². The van der Waals surface area contributed by atoms with E-state index >= 15 is 0 Å². The van der Waals surface area contributed by atoms with Crippen LogP contribution in [0.2, 0.25) is 0 Å². The molecule has 0 radical (unpaired) electrons. The molecule has 0 saturated heterocycles. The molecule has 3 nitrogen and oxygen atoms in total. The van der Waals surface area contributed by atoms with Gasteiger partial charge in [0.05, 0.1) is 5.25 Å². The first-order valence-corrected chi connectivity index (χ1v) is 9.80. The fraction of sp³-hybridized carbons (Fsp3) is 0.647. The van der Waals surface area contributed by atoms with E-state index < -0.39 is 9.84 Å². The Morgan fingerprint density at radius 1 is 1.19 bits per heavy atom. The lowest BCUT2D eigenvalue weighted by molar-refractivity contribution is 0.256. The van der Waals surface area contributed by atoms with Gasteiger partial charge in [-0.1, -0.05) is 43.7 Å². The molecule has 4 heteroatoms. The average molecular weight is 309 g/mol. The van der Waals surface area contributed by atoms with Crippen molar-refractivity contribution in [3.63, 3.8) is 0 Å². The van der Waals surface area contributed by atoms with E-state index in [1.165, 1.54) is 11.8 Å². The molecule has 0 spiro atoms. The van der Waals surface area contributed by atoms with Crippen molar-refractivity contribution in [3.8, 4) is 0 Å². The highest BCUT2D eigenvalue weighted by molar-refractivity contribution is 7.91. The van der Waals surface area contributed by atoms with E-state index in [1.54, 1.807) is 0 Å². The molecule has 0 amide bonds. The van der Waals surface area contributed by atoms with Crippen molar-refractivity contribution in [1.29, 1.82) is 0 Å². The number of rotatable bonds is 5. The first-order chi connectivity index (χ1) is 9.93. The van der Waals surface area contributed by atoms with E-state index in [1.807, 2.05) is 13.1 Å². The van der Waals surface area contributed by atoms with Crippen LogP contribution in [0.5, 0.6) is 0 Å². The van der Waals surface area contributed by atoms with Crippen LogP contribution in [0, 0.1) is 5.92 Å². The van der Waals surface area contributed by atoms with Gasteiger partial charge in [0.25, 0.3) is 0 Å². The smallest absolute Gasteiger partial charge is 0.150 e. The Morgan fingerprint density at radius 2 is 1.86 bits per heavy atom. The number of likely N-dealkylation sites (N-methyl/N-ethyl adjacent to an activating group) is 1. The number of hydrogen-bond acceptors (Lipinski definition) is 3. The Hall–Kier alpha value is -0.870. The van der Waals surface area contributed by atoms with Crippen molar-refractivity contribution >= 4 is 9.84 Å². The average Bonchev–Trinajstić information content (AvgIpc) is 2.48. The summed E-state index contributed by atoms with van der Waals surface area (Å²) < 4.78 is 23.7. The molecule has 1 aliphatic carbocycles. The number of sulfone groups is 1. The van der Waals surface area contributed by atoms with Gasteiger partial charge in [0, 0.05) is 12.3 Å². The summed E-state index contributed by atoms with van der Waals surface area (Å²) in [7, 11) is -0.924. The van der Waals surface area contributed by atoms with E-state index in [0.29, 0.717) is 17.9 Å². The lowest BCUT2D eigenvalue weighted by Gasteiger charge is -2.37. The lowest BCUT2D eigenvalue weighted by atomic mass is 9.77. The van der Waals surface area contributed by atoms with Gasteiger partial charge >= 0.3 is 0 Å². The molecule has 1 N–H and O–H groups in total. The van der Waals surface area contributed by atoms with Crippen LogP contribution in [-0.2, 0) is 9.84 Å². The summed E-state index contributed by atoms with van der Waals surface area (Å²) in [6.07, 6.45) is 5.14. The predicted octanol–water partition coefficient (Wildman–Crippen LogP) is 2.98. The summed E-state index contributed by atoms with van der Waals surface area (Å²) in [6, 6.07) is 10.8. The van der Waals surface area contributed by atoms with Gasteiger partial charge in [-0.3, -0.25) is 0 Å². The van der Waals surface area contributed by atoms with E-state index in [9.17, 15) is 8.42 Å². The maximum Gasteiger partial charge on any atom is 0.150 e. The van der Waals surface area contributed by atoms with Crippen LogP contribution in [0.25, 0.3) is 0 Å². The number of hydrogen-bond donors (Lipinski definition) is 1. The molecule has 1 aromatic rings. The van der Waals surface area contributed by atoms with Gasteiger partial charge in [-0.25, -0.2) is 8.42 Å². The highest BCUT2D eigenvalue weighted by Gasteiger charge is 2.34. The largest absolute Gasteiger partial charge is 0.316 e. The maximum atomic E-state index is 11.9. The Kier molecular flexibility index (Phi) is 5.44. The van der Waals surface area contributed by atoms with E-state index in [4.69, 9.17) is 0 Å². The zero-order chi connectivity index (χ0) is 15.5. The van der Waals surface area contributed by atoms with Crippen LogP contribution in [-0.4, -0.2) is 33.0 Å². The highest BCUT2D eigenvalue weighted by atomic mass is 32.2. The molecule has 1 aromatic carbocycles.